The van der Waals surface area contributed by atoms with Gasteiger partial charge < -0.3 is 14.2 Å². The number of alkyl halides is 3. The number of carbonyl (C=O) groups is 2. The maximum Gasteiger partial charge on any atom is 0.389 e. The van der Waals surface area contributed by atoms with Crippen molar-refractivity contribution in [2.24, 2.45) is 11.8 Å². The molecule has 0 heterocycles. The van der Waals surface area contributed by atoms with Crippen molar-refractivity contribution in [3.63, 3.8) is 0 Å². The lowest BCUT2D eigenvalue weighted by atomic mass is 9.52. The van der Waals surface area contributed by atoms with E-state index in [4.69, 9.17) is 14.2 Å². The van der Waals surface area contributed by atoms with E-state index in [0.29, 0.717) is 23.8 Å². The average Bonchev–Trinajstić information content (AvgIpc) is 2.54. The second-order valence-corrected chi connectivity index (χ2v) is 8.68. The Kier molecular flexibility index (Phi) is 5.81. The van der Waals surface area contributed by atoms with E-state index < -0.39 is 36.2 Å². The van der Waals surface area contributed by atoms with E-state index in [-0.39, 0.29) is 19.2 Å². The minimum Gasteiger partial charge on any atom is -0.463 e. The highest BCUT2D eigenvalue weighted by molar-refractivity contribution is 5.87. The number of halogens is 3. The molecule has 0 aromatic heterocycles. The van der Waals surface area contributed by atoms with Gasteiger partial charge in [0, 0.05) is 12.0 Å². The Labute approximate surface area is 162 Å². The van der Waals surface area contributed by atoms with Crippen LogP contribution in [0.15, 0.2) is 12.2 Å². The van der Waals surface area contributed by atoms with Crippen LogP contribution in [-0.2, 0) is 23.8 Å². The van der Waals surface area contributed by atoms with Gasteiger partial charge in [0.15, 0.2) is 0 Å². The summed E-state index contributed by atoms with van der Waals surface area (Å²) in [5.41, 5.74) is -0.571. The number of ether oxygens (including phenoxy) is 3. The zero-order valence-corrected chi connectivity index (χ0v) is 16.1. The van der Waals surface area contributed by atoms with Gasteiger partial charge >= 0.3 is 18.1 Å². The van der Waals surface area contributed by atoms with Gasteiger partial charge in [-0.25, -0.2) is 4.79 Å². The Bertz CT molecular complexity index is 628. The monoisotopic (exact) mass is 404 g/mol. The molecule has 4 saturated carbocycles. The highest BCUT2D eigenvalue weighted by atomic mass is 19.4. The van der Waals surface area contributed by atoms with E-state index in [9.17, 15) is 22.8 Å². The van der Waals surface area contributed by atoms with E-state index in [1.165, 1.54) is 0 Å². The molecule has 4 aliphatic rings. The van der Waals surface area contributed by atoms with E-state index in [1.807, 2.05) is 0 Å². The van der Waals surface area contributed by atoms with Crippen molar-refractivity contribution < 1.29 is 37.0 Å². The highest BCUT2D eigenvalue weighted by Crippen LogP contribution is 2.60. The molecule has 4 aliphatic carbocycles. The molecule has 4 rings (SSSR count). The SMILES string of the molecule is C=C(C)C(=O)OC12CC3CC(CC(OCCOC(=O)CCC(F)(F)F)(C3)C1)C2. The Morgan fingerprint density at radius 2 is 1.68 bits per heavy atom. The lowest BCUT2D eigenvalue weighted by Crippen LogP contribution is -2.61. The Hall–Kier alpha value is -1.57. The molecule has 2 unspecified atom stereocenters. The van der Waals surface area contributed by atoms with Crippen LogP contribution < -0.4 is 0 Å². The predicted octanol–water partition coefficient (Wildman–Crippen LogP) is 4.10. The van der Waals surface area contributed by atoms with Gasteiger partial charge in [-0.3, -0.25) is 4.79 Å². The zero-order chi connectivity index (χ0) is 20.6. The molecule has 4 fully saturated rings. The number of hydrogen-bond acceptors (Lipinski definition) is 5. The van der Waals surface area contributed by atoms with E-state index in [1.54, 1.807) is 6.92 Å². The van der Waals surface area contributed by atoms with Crippen molar-refractivity contribution in [1.82, 2.24) is 0 Å². The summed E-state index contributed by atoms with van der Waals surface area (Å²) in [5, 5.41) is 0. The van der Waals surface area contributed by atoms with Crippen LogP contribution in [0.1, 0.15) is 58.3 Å². The fourth-order valence-electron chi connectivity index (χ4n) is 5.40. The minimum atomic E-state index is -4.37. The maximum absolute atomic E-state index is 12.1. The van der Waals surface area contributed by atoms with E-state index >= 15 is 0 Å². The lowest BCUT2D eigenvalue weighted by molar-refractivity contribution is -0.234. The summed E-state index contributed by atoms with van der Waals surface area (Å²) in [6.07, 6.45) is -1.12. The average molecular weight is 404 g/mol. The lowest BCUT2D eigenvalue weighted by Gasteiger charge is -2.60. The number of esters is 2. The standard InChI is InChI=1S/C20H27F3O5/c1-13(2)17(25)28-19-10-14-7-15(11-19)9-18(8-14,12-19)27-6-5-26-16(24)3-4-20(21,22)23/h14-15H,1,3-12H2,2H3. The third kappa shape index (κ3) is 5.07. The first-order valence-corrected chi connectivity index (χ1v) is 9.75. The predicted molar refractivity (Wildman–Crippen MR) is 93.3 cm³/mol. The van der Waals surface area contributed by atoms with Crippen LogP contribution in [0.3, 0.4) is 0 Å². The van der Waals surface area contributed by atoms with Gasteiger partial charge in [-0.1, -0.05) is 6.58 Å². The van der Waals surface area contributed by atoms with Crippen LogP contribution in [0.2, 0.25) is 0 Å². The summed E-state index contributed by atoms with van der Waals surface area (Å²) in [6.45, 7) is 5.33. The molecule has 0 aromatic carbocycles. The van der Waals surface area contributed by atoms with Crippen LogP contribution in [0.25, 0.3) is 0 Å². The number of carbonyl (C=O) groups excluding carboxylic acids is 2. The van der Waals surface area contributed by atoms with Gasteiger partial charge in [0.1, 0.15) is 12.2 Å². The second-order valence-electron chi connectivity index (χ2n) is 8.68. The molecule has 0 N–H and O–H groups in total. The van der Waals surface area contributed by atoms with Gasteiger partial charge in [0.2, 0.25) is 0 Å². The summed E-state index contributed by atoms with van der Waals surface area (Å²) < 4.78 is 53.2. The number of hydrogen-bond donors (Lipinski definition) is 0. The normalized spacial score (nSPS) is 33.6. The summed E-state index contributed by atoms with van der Waals surface area (Å²) >= 11 is 0. The van der Waals surface area contributed by atoms with Crippen molar-refractivity contribution in [2.45, 2.75) is 75.7 Å². The van der Waals surface area contributed by atoms with Gasteiger partial charge in [-0.15, -0.1) is 0 Å². The first-order chi connectivity index (χ1) is 13.0. The molecular formula is C20H27F3O5. The molecule has 28 heavy (non-hydrogen) atoms. The molecule has 0 aromatic rings. The van der Waals surface area contributed by atoms with Crippen LogP contribution >= 0.6 is 0 Å². The molecule has 0 spiro atoms. The molecule has 4 bridgehead atoms. The molecule has 5 nitrogen and oxygen atoms in total. The van der Waals surface area contributed by atoms with Crippen molar-refractivity contribution >= 4 is 11.9 Å². The molecule has 158 valence electrons. The van der Waals surface area contributed by atoms with Crippen molar-refractivity contribution in [3.05, 3.63) is 12.2 Å². The molecule has 0 aliphatic heterocycles. The van der Waals surface area contributed by atoms with Gasteiger partial charge in [-0.05, 0) is 50.9 Å². The van der Waals surface area contributed by atoms with Crippen LogP contribution in [0, 0.1) is 11.8 Å². The minimum absolute atomic E-state index is 0.0771. The first-order valence-electron chi connectivity index (χ1n) is 9.75. The Balaban J connectivity index is 1.51. The summed E-state index contributed by atoms with van der Waals surface area (Å²) in [7, 11) is 0. The van der Waals surface area contributed by atoms with Crippen molar-refractivity contribution in [2.75, 3.05) is 13.2 Å². The quantitative estimate of drug-likeness (QED) is 0.346. The fourth-order valence-corrected chi connectivity index (χ4v) is 5.40. The molecule has 8 heteroatoms. The van der Waals surface area contributed by atoms with Crippen LogP contribution in [0.4, 0.5) is 13.2 Å². The maximum atomic E-state index is 12.1. The smallest absolute Gasteiger partial charge is 0.389 e. The van der Waals surface area contributed by atoms with Crippen molar-refractivity contribution in [3.8, 4) is 0 Å². The summed E-state index contributed by atoms with van der Waals surface area (Å²) in [5.74, 6) is -0.406. The number of rotatable bonds is 8. The van der Waals surface area contributed by atoms with Gasteiger partial charge in [-0.2, -0.15) is 13.2 Å². The van der Waals surface area contributed by atoms with Gasteiger partial charge in [0.25, 0.3) is 0 Å². The second kappa shape index (κ2) is 7.69. The summed E-state index contributed by atoms with van der Waals surface area (Å²) in [4.78, 5) is 23.5. The Morgan fingerprint density at radius 1 is 1.07 bits per heavy atom. The highest BCUT2D eigenvalue weighted by Gasteiger charge is 2.60. The first kappa shape index (κ1) is 21.1. The molecule has 0 amide bonds. The van der Waals surface area contributed by atoms with Crippen LogP contribution in [0.5, 0.6) is 0 Å². The van der Waals surface area contributed by atoms with E-state index in [2.05, 4.69) is 6.58 Å². The summed E-state index contributed by atoms with van der Waals surface area (Å²) in [6, 6.07) is 0. The largest absolute Gasteiger partial charge is 0.463 e. The molecule has 0 radical (unpaired) electrons. The Morgan fingerprint density at radius 3 is 2.25 bits per heavy atom. The van der Waals surface area contributed by atoms with Crippen LogP contribution in [-0.4, -0.2) is 42.5 Å². The third-order valence-electron chi connectivity index (χ3n) is 5.98. The van der Waals surface area contributed by atoms with E-state index in [0.717, 1.165) is 32.1 Å². The third-order valence-corrected chi connectivity index (χ3v) is 5.98. The zero-order valence-electron chi connectivity index (χ0n) is 16.1. The van der Waals surface area contributed by atoms with Crippen molar-refractivity contribution in [1.29, 1.82) is 0 Å². The fraction of sp³-hybridized carbons (Fsp3) is 0.800. The molecule has 2 atom stereocenters. The van der Waals surface area contributed by atoms with Gasteiger partial charge in [0.05, 0.1) is 25.0 Å². The molecule has 0 saturated heterocycles. The topological polar surface area (TPSA) is 61.8 Å². The molecular weight excluding hydrogens is 377 g/mol.